The van der Waals surface area contributed by atoms with Crippen LogP contribution in [0.4, 0.5) is 0 Å². The molecule has 30 N–H and O–H groups in total. The molecular formula is C57H111N23O12. The Morgan fingerprint density at radius 2 is 0.826 bits per heavy atom. The Morgan fingerprint density at radius 1 is 0.435 bits per heavy atom. The van der Waals surface area contributed by atoms with Crippen molar-refractivity contribution >= 4 is 77.0 Å². The number of hydrogen-bond donors (Lipinski definition) is 23. The van der Waals surface area contributed by atoms with Gasteiger partial charge < -0.3 is 113 Å². The number of guanidine groups is 3. The van der Waals surface area contributed by atoms with Gasteiger partial charge in [-0.2, -0.15) is 0 Å². The number of nitrogens with two attached hydrogens (primary N) is 7. The van der Waals surface area contributed by atoms with E-state index in [0.717, 1.165) is 38.5 Å². The zero-order valence-electron chi connectivity index (χ0n) is 53.8. The molecule has 35 nitrogen and oxygen atoms in total. The van der Waals surface area contributed by atoms with Gasteiger partial charge in [0, 0.05) is 45.6 Å². The minimum Gasteiger partial charge on any atom is -0.377 e. The smallest absolute Gasteiger partial charge is 0.246 e. The molecule has 526 valence electrons. The van der Waals surface area contributed by atoms with Crippen LogP contribution in [0.15, 0.2) is 0 Å². The minimum atomic E-state index is -1.56. The Balaban J connectivity index is 3.73. The number of nitrogens with one attached hydrogen (secondary N) is 16. The largest absolute Gasteiger partial charge is 0.377 e. The second kappa shape index (κ2) is 50.9. The minimum absolute atomic E-state index is 0.00357. The summed E-state index contributed by atoms with van der Waals surface area (Å²) in [4.78, 5) is 138. The molecule has 35 heteroatoms. The molecule has 92 heavy (non-hydrogen) atoms. The van der Waals surface area contributed by atoms with Crippen LogP contribution in [0.25, 0.3) is 0 Å². The van der Waals surface area contributed by atoms with Gasteiger partial charge in [0.2, 0.25) is 59.1 Å². The van der Waals surface area contributed by atoms with E-state index in [1.165, 1.54) is 6.42 Å². The van der Waals surface area contributed by atoms with Crippen LogP contribution in [0.1, 0.15) is 161 Å². The van der Waals surface area contributed by atoms with Crippen LogP contribution in [0.2, 0.25) is 0 Å². The van der Waals surface area contributed by atoms with Gasteiger partial charge in [0.05, 0.1) is 19.8 Å². The molecule has 1 aliphatic heterocycles. The monoisotopic (exact) mass is 1310 g/mol. The molecule has 0 aromatic heterocycles. The molecule has 10 amide bonds. The van der Waals surface area contributed by atoms with E-state index in [0.29, 0.717) is 38.6 Å². The van der Waals surface area contributed by atoms with Crippen LogP contribution in [0, 0.1) is 16.2 Å². The number of carbonyl (C=O) groups excluding carboxylic acids is 10. The average Bonchev–Trinajstić information content (AvgIpc) is 1.000. The summed E-state index contributed by atoms with van der Waals surface area (Å²) in [6.07, 6.45) is 8.39. The fraction of sp³-hybridized carbons (Fsp3) is 0.772. The molecule has 0 spiro atoms. The number of hydrogen-bond acceptors (Lipinski definition) is 19. The highest BCUT2D eigenvalue weighted by Gasteiger charge is 2.35. The molecule has 1 unspecified atom stereocenters. The zero-order valence-corrected chi connectivity index (χ0v) is 53.8. The Bertz CT molecular complexity index is 2270. The van der Waals surface area contributed by atoms with Gasteiger partial charge in [-0.3, -0.25) is 69.5 Å². The first-order valence-corrected chi connectivity index (χ1v) is 32.3. The van der Waals surface area contributed by atoms with Gasteiger partial charge in [-0.15, -0.1) is 0 Å². The van der Waals surface area contributed by atoms with Gasteiger partial charge in [-0.25, -0.2) is 0 Å². The lowest BCUT2D eigenvalue weighted by molar-refractivity contribution is -0.137. The van der Waals surface area contributed by atoms with Gasteiger partial charge in [0.15, 0.2) is 17.9 Å². The van der Waals surface area contributed by atoms with Crippen molar-refractivity contribution < 1.29 is 57.4 Å². The molecule has 1 fully saturated rings. The SMILES string of the molecule is CCCCCCCCCC(=O)NCCCC[C@@H]1NC(=O)[C@H](CCC(=O)NCCOCCOCC(=O)NC(CCCCN)C(N)=O)NC(=O)[C@H](CCCNC(=N)N)NC(=O)[C@H](CCCNC(=N)N)NC(=O)[C@H](CCCNC(=N)N)NC(=O)[C@H](CCCNC(N)N)NC1=O. The molecule has 1 aliphatic rings. The summed E-state index contributed by atoms with van der Waals surface area (Å²) in [6, 6.07) is -9.42. The van der Waals surface area contributed by atoms with Crippen LogP contribution in [0.5, 0.6) is 0 Å². The second-order valence-corrected chi connectivity index (χ2v) is 22.5. The Labute approximate surface area is 540 Å². The van der Waals surface area contributed by atoms with Crippen LogP contribution in [-0.4, -0.2) is 198 Å². The zero-order chi connectivity index (χ0) is 68.5. The normalized spacial score (nSPS) is 18.7. The maximum absolute atomic E-state index is 14.8. The number of ether oxygens (including phenoxy) is 2. The molecule has 0 saturated carbocycles. The van der Waals surface area contributed by atoms with E-state index in [1.807, 2.05) is 0 Å². The molecule has 1 rings (SSSR count). The fourth-order valence-corrected chi connectivity index (χ4v) is 9.47. The number of rotatable bonds is 47. The molecule has 1 saturated heterocycles. The topological polar surface area (TPSA) is 599 Å². The first-order valence-electron chi connectivity index (χ1n) is 32.3. The summed E-state index contributed by atoms with van der Waals surface area (Å²) in [5, 5.41) is 58.0. The van der Waals surface area contributed by atoms with Crippen molar-refractivity contribution in [3.05, 3.63) is 0 Å². The van der Waals surface area contributed by atoms with Crippen LogP contribution < -0.4 is 109 Å². The van der Waals surface area contributed by atoms with E-state index in [4.69, 9.17) is 65.8 Å². The maximum Gasteiger partial charge on any atom is 0.246 e. The predicted molar refractivity (Wildman–Crippen MR) is 346 cm³/mol. The van der Waals surface area contributed by atoms with E-state index in [1.54, 1.807) is 0 Å². The lowest BCUT2D eigenvalue weighted by Crippen LogP contribution is -2.61. The third-order valence-corrected chi connectivity index (χ3v) is 14.5. The van der Waals surface area contributed by atoms with E-state index < -0.39 is 102 Å². The van der Waals surface area contributed by atoms with Crippen LogP contribution >= 0.6 is 0 Å². The quantitative estimate of drug-likeness (QED) is 0.0117. The number of primary amides is 1. The third-order valence-electron chi connectivity index (χ3n) is 14.5. The lowest BCUT2D eigenvalue weighted by atomic mass is 10.0. The number of amides is 10. The summed E-state index contributed by atoms with van der Waals surface area (Å²) in [6.45, 7) is 2.88. The van der Waals surface area contributed by atoms with Crippen LogP contribution in [0.3, 0.4) is 0 Å². The van der Waals surface area contributed by atoms with Crippen molar-refractivity contribution in [2.24, 2.45) is 40.1 Å². The highest BCUT2D eigenvalue weighted by atomic mass is 16.5. The Hall–Kier alpha value is -7.73. The third kappa shape index (κ3) is 41.6. The van der Waals surface area contributed by atoms with Gasteiger partial charge in [-0.1, -0.05) is 45.4 Å². The summed E-state index contributed by atoms with van der Waals surface area (Å²) in [5.74, 6) is -8.20. The molecule has 0 aromatic carbocycles. The van der Waals surface area contributed by atoms with Crippen LogP contribution in [-0.2, 0) is 57.4 Å². The van der Waals surface area contributed by atoms with Gasteiger partial charge in [0.1, 0.15) is 55.2 Å². The van der Waals surface area contributed by atoms with Crippen molar-refractivity contribution in [3.63, 3.8) is 0 Å². The van der Waals surface area contributed by atoms with Crippen molar-refractivity contribution in [2.75, 3.05) is 72.2 Å². The molecule has 0 bridgehead atoms. The van der Waals surface area contributed by atoms with E-state index in [-0.39, 0.29) is 167 Å². The summed E-state index contributed by atoms with van der Waals surface area (Å²) in [5.41, 5.74) is 38.9. The standard InChI is InChI=1S/C57H111N23O12/c1-2-3-4-5-6-7-8-23-44(81)68-27-12-10-18-38-48(85)76-39(19-13-28-70-54(60)61)49(86)77-40(20-14-29-71-55(62)63)50(87)78-41(21-15-30-72-56(64)65)51(88)79-42(22-16-31-73-57(66)67)52(89)80-43(53(90)75-38)24-25-45(82)69-32-33-91-34-35-92-36-46(83)74-37(47(59)84)17-9-11-26-58/h37-43,54,70H,2-36,58,60-61H2,1H3,(H2,59,84)(H,68,81)(H,69,82)(H,74,83)(H,75,90)(H,76,85)(H,77,86)(H,78,87)(H,79,88)(H,80,89)(H4,62,63,71)(H4,64,65,72)(H4,66,67,73)/t37?,38-,39-,40-,41-,42-,43-/m0/s1. The van der Waals surface area contributed by atoms with E-state index >= 15 is 0 Å². The fourth-order valence-electron chi connectivity index (χ4n) is 9.47. The van der Waals surface area contributed by atoms with Gasteiger partial charge >= 0.3 is 0 Å². The van der Waals surface area contributed by atoms with E-state index in [2.05, 4.69) is 76.0 Å². The van der Waals surface area contributed by atoms with Crippen molar-refractivity contribution in [3.8, 4) is 0 Å². The molecule has 0 aromatic rings. The molecule has 7 atom stereocenters. The predicted octanol–water partition coefficient (Wildman–Crippen LogP) is -5.27. The Kier molecular flexibility index (Phi) is 45.5. The summed E-state index contributed by atoms with van der Waals surface area (Å²) >= 11 is 0. The van der Waals surface area contributed by atoms with E-state index in [9.17, 15) is 47.9 Å². The number of carbonyl (C=O) groups is 10. The summed E-state index contributed by atoms with van der Waals surface area (Å²) in [7, 11) is 0. The average molecular weight is 1310 g/mol. The van der Waals surface area contributed by atoms with Gasteiger partial charge in [-0.05, 0) is 116 Å². The molecular weight excluding hydrogens is 1200 g/mol. The van der Waals surface area contributed by atoms with Crippen molar-refractivity contribution in [1.29, 1.82) is 16.2 Å². The maximum atomic E-state index is 14.8. The van der Waals surface area contributed by atoms with Crippen molar-refractivity contribution in [2.45, 2.75) is 210 Å². The second-order valence-electron chi connectivity index (χ2n) is 22.5. The number of unbranched alkanes of at least 4 members (excludes halogenated alkanes) is 8. The summed E-state index contributed by atoms with van der Waals surface area (Å²) < 4.78 is 10.9. The lowest BCUT2D eigenvalue weighted by Gasteiger charge is -2.29. The van der Waals surface area contributed by atoms with Gasteiger partial charge in [0.25, 0.3) is 0 Å². The first-order chi connectivity index (χ1) is 44.0. The molecule has 1 heterocycles. The highest BCUT2D eigenvalue weighted by molar-refractivity contribution is 5.98. The highest BCUT2D eigenvalue weighted by Crippen LogP contribution is 2.13. The molecule has 0 aliphatic carbocycles. The first kappa shape index (κ1) is 82.3. The Morgan fingerprint density at radius 3 is 1.26 bits per heavy atom. The molecule has 0 radical (unpaired) electrons. The van der Waals surface area contributed by atoms with Crippen molar-refractivity contribution in [1.82, 2.24) is 69.1 Å².